The molecule has 0 aliphatic carbocycles. The quantitative estimate of drug-likeness (QED) is 0.454. The second kappa shape index (κ2) is 12.6. The zero-order valence-electron chi connectivity index (χ0n) is 21.4. The second-order valence-electron chi connectivity index (χ2n) is 9.64. The Morgan fingerprint density at radius 3 is 2.26 bits per heavy atom. The number of aliphatic hydroxyl groups excluding tert-OH is 1. The molecule has 1 aromatic rings. The maximum absolute atomic E-state index is 12.9. The van der Waals surface area contributed by atoms with Crippen molar-refractivity contribution in [1.82, 2.24) is 10.6 Å². The van der Waals surface area contributed by atoms with E-state index in [0.717, 1.165) is 5.56 Å². The second-order valence-corrected chi connectivity index (χ2v) is 9.64. The average Bonchev–Trinajstić information content (AvgIpc) is 2.78. The fraction of sp³-hybridized carbons (Fsp3) is 0.577. The third kappa shape index (κ3) is 8.58. The molecule has 35 heavy (non-hydrogen) atoms. The minimum atomic E-state index is -1.02. The number of carbonyl (C=O) groups excluding carboxylic acids is 3. The predicted molar refractivity (Wildman–Crippen MR) is 130 cm³/mol. The number of benzene rings is 1. The smallest absolute Gasteiger partial charge is 0.408 e. The lowest BCUT2D eigenvalue weighted by molar-refractivity contribution is -0.150. The number of hydrogen-bond donors (Lipinski definition) is 3. The highest BCUT2D eigenvalue weighted by Crippen LogP contribution is 2.28. The van der Waals surface area contributed by atoms with Crippen LogP contribution in [-0.4, -0.2) is 53.0 Å². The van der Waals surface area contributed by atoms with Gasteiger partial charge in [-0.25, -0.2) is 9.59 Å². The van der Waals surface area contributed by atoms with Crippen LogP contribution in [0.15, 0.2) is 42.2 Å². The van der Waals surface area contributed by atoms with E-state index in [1.165, 1.54) is 13.0 Å². The standard InChI is InChI=1S/C26H38N2O7/c1-7-18(8-2)22(30)23-21(27-16(3)29)19(28-25(32)35-26(4,5)6)14-20(34-23)24(31)33-15-17-12-10-9-11-13-17/h9-14,18-19,21-23,30H,7-8,15H2,1-6H3,(H,27,29)(H,28,32)/t19-,21+,22?,23+/m0/s1. The number of esters is 1. The van der Waals surface area contributed by atoms with Crippen LogP contribution in [0, 0.1) is 5.92 Å². The van der Waals surface area contributed by atoms with Crippen molar-refractivity contribution in [3.8, 4) is 0 Å². The SMILES string of the molecule is CCC(CC)C(O)[C@@H]1OC(C(=O)OCc2ccccc2)=C[C@H](NC(=O)OC(C)(C)C)[C@H]1NC(C)=O. The van der Waals surface area contributed by atoms with Gasteiger partial charge in [-0.15, -0.1) is 0 Å². The lowest BCUT2D eigenvalue weighted by Crippen LogP contribution is -2.63. The molecule has 0 bridgehead atoms. The number of carbonyl (C=O) groups is 3. The van der Waals surface area contributed by atoms with Gasteiger partial charge in [0, 0.05) is 6.92 Å². The molecule has 1 aliphatic heterocycles. The Labute approximate surface area is 207 Å². The van der Waals surface area contributed by atoms with Crippen LogP contribution in [0.1, 0.15) is 59.9 Å². The van der Waals surface area contributed by atoms with Gasteiger partial charge in [-0.1, -0.05) is 57.0 Å². The molecule has 1 heterocycles. The van der Waals surface area contributed by atoms with Gasteiger partial charge in [0.05, 0.1) is 18.2 Å². The maximum Gasteiger partial charge on any atom is 0.408 e. The van der Waals surface area contributed by atoms with Crippen LogP contribution in [0.2, 0.25) is 0 Å². The van der Waals surface area contributed by atoms with Gasteiger partial charge in [0.25, 0.3) is 0 Å². The maximum atomic E-state index is 12.9. The third-order valence-electron chi connectivity index (χ3n) is 5.67. The summed E-state index contributed by atoms with van der Waals surface area (Å²) in [4.78, 5) is 37.5. The van der Waals surface area contributed by atoms with E-state index >= 15 is 0 Å². The molecule has 9 nitrogen and oxygen atoms in total. The molecule has 1 aliphatic rings. The molecule has 2 rings (SSSR count). The van der Waals surface area contributed by atoms with Crippen molar-refractivity contribution in [3.63, 3.8) is 0 Å². The van der Waals surface area contributed by atoms with Crippen molar-refractivity contribution in [1.29, 1.82) is 0 Å². The summed E-state index contributed by atoms with van der Waals surface area (Å²) in [7, 11) is 0. The van der Waals surface area contributed by atoms with Gasteiger partial charge in [0.15, 0.2) is 0 Å². The van der Waals surface area contributed by atoms with Gasteiger partial charge in [-0.2, -0.15) is 0 Å². The monoisotopic (exact) mass is 490 g/mol. The number of amides is 2. The highest BCUT2D eigenvalue weighted by molar-refractivity contribution is 5.87. The molecule has 1 aromatic carbocycles. The molecule has 4 atom stereocenters. The Balaban J connectivity index is 2.37. The van der Waals surface area contributed by atoms with Crippen LogP contribution >= 0.6 is 0 Å². The Morgan fingerprint density at radius 2 is 1.71 bits per heavy atom. The molecular weight excluding hydrogens is 452 g/mol. The summed E-state index contributed by atoms with van der Waals surface area (Å²) in [6, 6.07) is 7.43. The summed E-state index contributed by atoms with van der Waals surface area (Å²) < 4.78 is 16.7. The van der Waals surface area contributed by atoms with Crippen LogP contribution in [0.5, 0.6) is 0 Å². The number of nitrogens with one attached hydrogen (secondary N) is 2. The van der Waals surface area contributed by atoms with Crippen LogP contribution in [0.3, 0.4) is 0 Å². The van der Waals surface area contributed by atoms with Crippen LogP contribution in [0.25, 0.3) is 0 Å². The first-order valence-electron chi connectivity index (χ1n) is 12.0. The largest absolute Gasteiger partial charge is 0.478 e. The lowest BCUT2D eigenvalue weighted by Gasteiger charge is -2.41. The summed E-state index contributed by atoms with van der Waals surface area (Å²) in [5.41, 5.74) is 0.0411. The zero-order valence-corrected chi connectivity index (χ0v) is 21.4. The summed E-state index contributed by atoms with van der Waals surface area (Å²) in [6.45, 7) is 10.4. The fourth-order valence-corrected chi connectivity index (χ4v) is 3.94. The van der Waals surface area contributed by atoms with E-state index in [2.05, 4.69) is 10.6 Å². The van der Waals surface area contributed by atoms with E-state index in [1.807, 2.05) is 44.2 Å². The van der Waals surface area contributed by atoms with E-state index < -0.39 is 42.0 Å². The van der Waals surface area contributed by atoms with E-state index in [0.29, 0.717) is 12.8 Å². The first kappa shape index (κ1) is 28.2. The van der Waals surface area contributed by atoms with Gasteiger partial charge in [0.2, 0.25) is 11.7 Å². The predicted octanol–water partition coefficient (Wildman–Crippen LogP) is 3.21. The molecule has 0 saturated heterocycles. The Morgan fingerprint density at radius 1 is 1.09 bits per heavy atom. The molecule has 9 heteroatoms. The Hall–Kier alpha value is -3.07. The van der Waals surface area contributed by atoms with E-state index in [1.54, 1.807) is 20.8 Å². The number of rotatable bonds is 9. The summed E-state index contributed by atoms with van der Waals surface area (Å²) >= 11 is 0. The summed E-state index contributed by atoms with van der Waals surface area (Å²) in [5, 5.41) is 16.6. The van der Waals surface area contributed by atoms with Crippen molar-refractivity contribution in [3.05, 3.63) is 47.7 Å². The third-order valence-corrected chi connectivity index (χ3v) is 5.67. The molecule has 0 aromatic heterocycles. The van der Waals surface area contributed by atoms with Gasteiger partial charge in [0.1, 0.15) is 18.3 Å². The molecule has 3 N–H and O–H groups in total. The topological polar surface area (TPSA) is 123 Å². The molecule has 0 radical (unpaired) electrons. The summed E-state index contributed by atoms with van der Waals surface area (Å²) in [5.74, 6) is -1.43. The van der Waals surface area contributed by atoms with Crippen molar-refractivity contribution >= 4 is 18.0 Å². The van der Waals surface area contributed by atoms with Crippen molar-refractivity contribution < 1.29 is 33.7 Å². The normalized spacial score (nSPS) is 20.8. The number of aliphatic hydroxyl groups is 1. The number of alkyl carbamates (subject to hydrolysis) is 1. The highest BCUT2D eigenvalue weighted by atomic mass is 16.6. The highest BCUT2D eigenvalue weighted by Gasteiger charge is 2.44. The molecule has 2 amide bonds. The first-order valence-corrected chi connectivity index (χ1v) is 12.0. The van der Waals surface area contributed by atoms with Gasteiger partial charge in [-0.05, 0) is 38.3 Å². The van der Waals surface area contributed by atoms with Crippen molar-refractivity contribution in [2.75, 3.05) is 0 Å². The van der Waals surface area contributed by atoms with Gasteiger partial charge >= 0.3 is 12.1 Å². The molecule has 0 saturated carbocycles. The number of hydrogen-bond acceptors (Lipinski definition) is 7. The van der Waals surface area contributed by atoms with Gasteiger partial charge < -0.3 is 30.0 Å². The molecule has 1 unspecified atom stereocenters. The van der Waals surface area contributed by atoms with Gasteiger partial charge in [-0.3, -0.25) is 4.79 Å². The first-order chi connectivity index (χ1) is 16.4. The number of ether oxygens (including phenoxy) is 3. The van der Waals surface area contributed by atoms with Crippen molar-refractivity contribution in [2.45, 2.75) is 90.9 Å². The lowest BCUT2D eigenvalue weighted by atomic mass is 9.85. The molecular formula is C26H38N2O7. The molecule has 0 spiro atoms. The van der Waals surface area contributed by atoms with E-state index in [9.17, 15) is 19.5 Å². The Kier molecular flexibility index (Phi) is 10.1. The van der Waals surface area contributed by atoms with Crippen molar-refractivity contribution in [2.24, 2.45) is 5.92 Å². The zero-order chi connectivity index (χ0) is 26.2. The van der Waals surface area contributed by atoms with E-state index in [-0.39, 0.29) is 24.2 Å². The minimum Gasteiger partial charge on any atom is -0.478 e. The fourth-order valence-electron chi connectivity index (χ4n) is 3.94. The average molecular weight is 491 g/mol. The molecule has 194 valence electrons. The summed E-state index contributed by atoms with van der Waals surface area (Å²) in [6.07, 6.45) is -0.0569. The van der Waals surface area contributed by atoms with E-state index in [4.69, 9.17) is 14.2 Å². The Bertz CT molecular complexity index is 891. The van der Waals surface area contributed by atoms with Crippen LogP contribution < -0.4 is 10.6 Å². The minimum absolute atomic E-state index is 0.0272. The molecule has 0 fully saturated rings. The van der Waals surface area contributed by atoms with Crippen LogP contribution in [-0.2, 0) is 30.4 Å². The van der Waals surface area contributed by atoms with Crippen LogP contribution in [0.4, 0.5) is 4.79 Å².